The van der Waals surface area contributed by atoms with Crippen molar-refractivity contribution in [3.05, 3.63) is 60.2 Å². The summed E-state index contributed by atoms with van der Waals surface area (Å²) in [5.74, 6) is 0.558. The second-order valence-corrected chi connectivity index (χ2v) is 6.18. The van der Waals surface area contributed by atoms with Crippen LogP contribution in [-0.2, 0) is 6.42 Å². The first-order valence-electron chi connectivity index (χ1n) is 7.80. The van der Waals surface area contributed by atoms with Gasteiger partial charge in [0.1, 0.15) is 0 Å². The Morgan fingerprint density at radius 3 is 2.18 bits per heavy atom. The minimum atomic E-state index is -0.327. The second-order valence-electron chi connectivity index (χ2n) is 6.18. The average Bonchev–Trinajstić information content (AvgIpc) is 2.53. The lowest BCUT2D eigenvalue weighted by atomic mass is 9.81. The van der Waals surface area contributed by atoms with Crippen LogP contribution in [0.25, 0.3) is 11.1 Å². The maximum Gasteiger partial charge on any atom is 0.0693 e. The van der Waals surface area contributed by atoms with Gasteiger partial charge in [-0.2, -0.15) is 0 Å². The first kappa shape index (κ1) is 17.0. The molecule has 1 aliphatic rings. The van der Waals surface area contributed by atoms with Gasteiger partial charge >= 0.3 is 0 Å². The van der Waals surface area contributed by atoms with E-state index < -0.39 is 0 Å². The highest BCUT2D eigenvalue weighted by Gasteiger charge is 2.26. The Bertz CT molecular complexity index is 570. The van der Waals surface area contributed by atoms with E-state index in [1.165, 1.54) is 16.7 Å². The molecule has 2 nitrogen and oxygen atoms in total. The van der Waals surface area contributed by atoms with Gasteiger partial charge in [0, 0.05) is 6.04 Å². The quantitative estimate of drug-likeness (QED) is 0.904. The van der Waals surface area contributed by atoms with Crippen molar-refractivity contribution in [1.29, 1.82) is 0 Å². The molecule has 2 aromatic rings. The van der Waals surface area contributed by atoms with Gasteiger partial charge in [0.05, 0.1) is 6.10 Å². The third-order valence-electron chi connectivity index (χ3n) is 4.56. The topological polar surface area (TPSA) is 46.2 Å². The highest BCUT2D eigenvalue weighted by Crippen LogP contribution is 2.28. The third-order valence-corrected chi connectivity index (χ3v) is 4.56. The number of nitrogens with two attached hydrogens (primary N) is 1. The monoisotopic (exact) mass is 317 g/mol. The molecule has 3 atom stereocenters. The summed E-state index contributed by atoms with van der Waals surface area (Å²) < 4.78 is 0. The molecule has 3 rings (SSSR count). The van der Waals surface area contributed by atoms with E-state index in [2.05, 4.69) is 48.5 Å². The summed E-state index contributed by atoms with van der Waals surface area (Å²) in [6, 6.07) is 19.2. The zero-order valence-corrected chi connectivity index (χ0v) is 13.5. The highest BCUT2D eigenvalue weighted by molar-refractivity contribution is 5.85. The minimum Gasteiger partial charge on any atom is -0.392 e. The molecule has 22 heavy (non-hydrogen) atoms. The molecule has 0 heterocycles. The lowest BCUT2D eigenvalue weighted by molar-refractivity contribution is 0.0809. The summed E-state index contributed by atoms with van der Waals surface area (Å²) in [6.07, 6.45) is 3.61. The molecule has 0 radical (unpaired) electrons. The smallest absolute Gasteiger partial charge is 0.0693 e. The molecule has 0 aliphatic heterocycles. The fourth-order valence-corrected chi connectivity index (χ4v) is 3.24. The van der Waals surface area contributed by atoms with Gasteiger partial charge in [-0.1, -0.05) is 54.6 Å². The van der Waals surface area contributed by atoms with Crippen molar-refractivity contribution >= 4 is 12.4 Å². The molecule has 0 bridgehead atoms. The first-order valence-corrected chi connectivity index (χ1v) is 7.80. The third kappa shape index (κ3) is 4.10. The van der Waals surface area contributed by atoms with Gasteiger partial charge < -0.3 is 10.8 Å². The van der Waals surface area contributed by atoms with E-state index >= 15 is 0 Å². The Hall–Kier alpha value is -1.35. The summed E-state index contributed by atoms with van der Waals surface area (Å²) >= 11 is 0. The Balaban J connectivity index is 0.00000176. The van der Waals surface area contributed by atoms with Crippen LogP contribution < -0.4 is 5.73 Å². The number of hydrogen-bond acceptors (Lipinski definition) is 2. The van der Waals surface area contributed by atoms with Crippen molar-refractivity contribution < 1.29 is 5.11 Å². The molecular formula is C19H24ClNO. The van der Waals surface area contributed by atoms with Crippen LogP contribution in [0.4, 0.5) is 0 Å². The predicted molar refractivity (Wildman–Crippen MR) is 94.2 cm³/mol. The summed E-state index contributed by atoms with van der Waals surface area (Å²) in [7, 11) is 0. The molecule has 2 aromatic carbocycles. The van der Waals surface area contributed by atoms with Crippen molar-refractivity contribution in [2.24, 2.45) is 11.7 Å². The zero-order valence-electron chi connectivity index (χ0n) is 12.7. The van der Waals surface area contributed by atoms with Crippen LogP contribution in [0.2, 0.25) is 0 Å². The number of aliphatic hydroxyl groups is 1. The van der Waals surface area contributed by atoms with Crippen LogP contribution in [0.15, 0.2) is 54.6 Å². The minimum absolute atomic E-state index is 0. The van der Waals surface area contributed by atoms with Gasteiger partial charge in [-0.15, -0.1) is 12.4 Å². The standard InChI is InChI=1S/C19H23NO.ClH/c20-18-11-8-15(13-19(18)21)12-14-6-9-17(10-7-14)16-4-2-1-3-5-16;/h1-7,9-10,15,18-19,21H,8,11-13,20H2;1H/t15-,18-,19-;/m0./s1. The van der Waals surface area contributed by atoms with Crippen LogP contribution in [0.1, 0.15) is 24.8 Å². The van der Waals surface area contributed by atoms with Crippen molar-refractivity contribution in [3.63, 3.8) is 0 Å². The van der Waals surface area contributed by atoms with E-state index in [0.29, 0.717) is 5.92 Å². The Morgan fingerprint density at radius 2 is 1.55 bits per heavy atom. The normalized spacial score (nSPS) is 24.5. The van der Waals surface area contributed by atoms with Crippen LogP contribution in [0.3, 0.4) is 0 Å². The van der Waals surface area contributed by atoms with Crippen LogP contribution in [-0.4, -0.2) is 17.3 Å². The number of hydrogen-bond donors (Lipinski definition) is 2. The van der Waals surface area contributed by atoms with Crippen molar-refractivity contribution in [1.82, 2.24) is 0 Å². The largest absolute Gasteiger partial charge is 0.392 e. The summed E-state index contributed by atoms with van der Waals surface area (Å²) in [5.41, 5.74) is 9.73. The van der Waals surface area contributed by atoms with Crippen molar-refractivity contribution in [2.75, 3.05) is 0 Å². The molecule has 0 unspecified atom stereocenters. The van der Waals surface area contributed by atoms with Crippen molar-refractivity contribution in [2.45, 2.75) is 37.8 Å². The molecular weight excluding hydrogens is 294 g/mol. The fourth-order valence-electron chi connectivity index (χ4n) is 3.24. The molecule has 118 valence electrons. The fraction of sp³-hybridized carbons (Fsp3) is 0.368. The second kappa shape index (κ2) is 7.77. The van der Waals surface area contributed by atoms with Crippen LogP contribution in [0, 0.1) is 5.92 Å². The first-order chi connectivity index (χ1) is 10.2. The number of halogens is 1. The zero-order chi connectivity index (χ0) is 14.7. The van der Waals surface area contributed by atoms with E-state index in [4.69, 9.17) is 5.73 Å². The summed E-state index contributed by atoms with van der Waals surface area (Å²) in [5, 5.41) is 9.89. The van der Waals surface area contributed by atoms with Gasteiger partial charge in [0.15, 0.2) is 0 Å². The van der Waals surface area contributed by atoms with E-state index in [-0.39, 0.29) is 24.6 Å². The van der Waals surface area contributed by atoms with Gasteiger partial charge in [-0.25, -0.2) is 0 Å². The van der Waals surface area contributed by atoms with Gasteiger partial charge in [-0.05, 0) is 48.3 Å². The van der Waals surface area contributed by atoms with E-state index in [1.54, 1.807) is 0 Å². The lowest BCUT2D eigenvalue weighted by Gasteiger charge is -2.30. The summed E-state index contributed by atoms with van der Waals surface area (Å²) in [6.45, 7) is 0. The SMILES string of the molecule is Cl.N[C@H]1CC[C@@H](Cc2ccc(-c3ccccc3)cc2)C[C@@H]1O. The van der Waals surface area contributed by atoms with Gasteiger partial charge in [0.2, 0.25) is 0 Å². The molecule has 0 saturated heterocycles. The van der Waals surface area contributed by atoms with Crippen molar-refractivity contribution in [3.8, 4) is 11.1 Å². The van der Waals surface area contributed by atoms with E-state index in [9.17, 15) is 5.11 Å². The Labute approximate surface area is 138 Å². The lowest BCUT2D eigenvalue weighted by Crippen LogP contribution is -2.40. The predicted octanol–water partition coefficient (Wildman–Crippen LogP) is 3.81. The van der Waals surface area contributed by atoms with Crippen LogP contribution >= 0.6 is 12.4 Å². The van der Waals surface area contributed by atoms with E-state index in [0.717, 1.165) is 25.7 Å². The maximum absolute atomic E-state index is 9.89. The molecule has 0 spiro atoms. The molecule has 1 saturated carbocycles. The summed E-state index contributed by atoms with van der Waals surface area (Å²) in [4.78, 5) is 0. The highest BCUT2D eigenvalue weighted by atomic mass is 35.5. The molecule has 3 N–H and O–H groups in total. The molecule has 3 heteroatoms. The number of benzene rings is 2. The molecule has 0 aromatic heterocycles. The molecule has 0 amide bonds. The Morgan fingerprint density at radius 1 is 0.909 bits per heavy atom. The number of aliphatic hydroxyl groups excluding tert-OH is 1. The van der Waals surface area contributed by atoms with E-state index in [1.807, 2.05) is 6.07 Å². The Kier molecular flexibility index (Phi) is 6.01. The van der Waals surface area contributed by atoms with Crippen LogP contribution in [0.5, 0.6) is 0 Å². The average molecular weight is 318 g/mol. The molecule has 1 fully saturated rings. The number of rotatable bonds is 3. The maximum atomic E-state index is 9.89. The van der Waals surface area contributed by atoms with Gasteiger partial charge in [-0.3, -0.25) is 0 Å². The molecule has 1 aliphatic carbocycles. The van der Waals surface area contributed by atoms with Gasteiger partial charge in [0.25, 0.3) is 0 Å².